The van der Waals surface area contributed by atoms with E-state index < -0.39 is 6.10 Å². The molecule has 3 aromatic carbocycles. The van der Waals surface area contributed by atoms with Gasteiger partial charge in [-0.25, -0.2) is 0 Å². The summed E-state index contributed by atoms with van der Waals surface area (Å²) in [5.74, 6) is -0.291. The second-order valence-corrected chi connectivity index (χ2v) is 6.38. The van der Waals surface area contributed by atoms with Crippen LogP contribution in [0.2, 0.25) is 10.0 Å². The first-order valence-electron chi connectivity index (χ1n) is 7.64. The molecule has 2 N–H and O–H groups in total. The molecular weight excluding hydrogens is 357 g/mol. The zero-order chi connectivity index (χ0) is 17.8. The molecule has 0 saturated heterocycles. The van der Waals surface area contributed by atoms with E-state index in [2.05, 4.69) is 5.32 Å². The number of nitrogens with one attached hydrogen (secondary N) is 1. The van der Waals surface area contributed by atoms with Crippen molar-refractivity contribution in [1.82, 2.24) is 0 Å². The average Bonchev–Trinajstić information content (AvgIpc) is 2.64. The second-order valence-electron chi connectivity index (χ2n) is 5.51. The zero-order valence-electron chi connectivity index (χ0n) is 13.1. The summed E-state index contributed by atoms with van der Waals surface area (Å²) >= 11 is 11.9. The fourth-order valence-corrected chi connectivity index (χ4v) is 2.79. The third-order valence-corrected chi connectivity index (χ3v) is 4.27. The van der Waals surface area contributed by atoms with Crippen LogP contribution in [0.1, 0.15) is 27.6 Å². The summed E-state index contributed by atoms with van der Waals surface area (Å²) in [4.78, 5) is 12.5. The summed E-state index contributed by atoms with van der Waals surface area (Å²) in [6.07, 6.45) is -0.902. The van der Waals surface area contributed by atoms with Crippen LogP contribution in [0.15, 0.2) is 72.8 Å². The molecule has 0 bridgehead atoms. The monoisotopic (exact) mass is 371 g/mol. The van der Waals surface area contributed by atoms with Gasteiger partial charge in [0, 0.05) is 26.9 Å². The maximum absolute atomic E-state index is 12.5. The van der Waals surface area contributed by atoms with Crippen molar-refractivity contribution in [2.75, 3.05) is 5.32 Å². The highest BCUT2D eigenvalue weighted by Crippen LogP contribution is 2.31. The number of halogens is 2. The number of carbonyl (C=O) groups is 1. The number of anilines is 1. The zero-order valence-corrected chi connectivity index (χ0v) is 14.6. The van der Waals surface area contributed by atoms with Crippen LogP contribution < -0.4 is 5.32 Å². The lowest BCUT2D eigenvalue weighted by Gasteiger charge is -2.17. The number of amides is 1. The number of aliphatic hydroxyl groups excluding tert-OH is 1. The Morgan fingerprint density at radius 2 is 1.52 bits per heavy atom. The van der Waals surface area contributed by atoms with Crippen molar-refractivity contribution in [2.24, 2.45) is 0 Å². The van der Waals surface area contributed by atoms with Crippen LogP contribution in [0.5, 0.6) is 0 Å². The lowest BCUT2D eigenvalue weighted by molar-refractivity contribution is 0.102. The molecule has 0 radical (unpaired) electrons. The Bertz CT molecular complexity index is 880. The highest BCUT2D eigenvalue weighted by molar-refractivity contribution is 6.31. The van der Waals surface area contributed by atoms with Gasteiger partial charge in [-0.15, -0.1) is 0 Å². The van der Waals surface area contributed by atoms with Crippen LogP contribution in [-0.2, 0) is 0 Å². The number of benzene rings is 3. The second kappa shape index (κ2) is 7.70. The Morgan fingerprint density at radius 3 is 2.20 bits per heavy atom. The Kier molecular flexibility index (Phi) is 5.39. The van der Waals surface area contributed by atoms with Gasteiger partial charge in [-0.2, -0.15) is 0 Å². The largest absolute Gasteiger partial charge is 0.384 e. The number of aliphatic hydroxyl groups is 1. The van der Waals surface area contributed by atoms with E-state index in [9.17, 15) is 9.90 Å². The summed E-state index contributed by atoms with van der Waals surface area (Å²) in [6, 6.07) is 20.8. The third kappa shape index (κ3) is 4.20. The topological polar surface area (TPSA) is 49.3 Å². The quantitative estimate of drug-likeness (QED) is 0.651. The predicted octanol–water partition coefficient (Wildman–Crippen LogP) is 5.33. The molecule has 25 heavy (non-hydrogen) atoms. The van der Waals surface area contributed by atoms with Crippen LogP contribution >= 0.6 is 23.2 Å². The summed E-state index contributed by atoms with van der Waals surface area (Å²) < 4.78 is 0. The first-order chi connectivity index (χ1) is 12.0. The normalized spacial score (nSPS) is 11.8. The fraction of sp³-hybridized carbons (Fsp3) is 0.0500. The van der Waals surface area contributed by atoms with Crippen molar-refractivity contribution >= 4 is 34.8 Å². The molecule has 3 rings (SSSR count). The minimum absolute atomic E-state index is 0.291. The fourth-order valence-electron chi connectivity index (χ4n) is 2.48. The minimum atomic E-state index is -0.902. The summed E-state index contributed by atoms with van der Waals surface area (Å²) in [5, 5.41) is 14.6. The Balaban J connectivity index is 1.91. The van der Waals surface area contributed by atoms with E-state index in [1.165, 1.54) is 0 Å². The van der Waals surface area contributed by atoms with Crippen molar-refractivity contribution in [3.63, 3.8) is 0 Å². The SMILES string of the molecule is O=C(Nc1ccc(Cl)cc1C(O)c1ccccc1)c1ccc(Cl)cc1. The van der Waals surface area contributed by atoms with Gasteiger partial charge in [-0.1, -0.05) is 53.5 Å². The van der Waals surface area contributed by atoms with E-state index >= 15 is 0 Å². The maximum atomic E-state index is 12.5. The van der Waals surface area contributed by atoms with Crippen LogP contribution in [0.3, 0.4) is 0 Å². The lowest BCUT2D eigenvalue weighted by Crippen LogP contribution is -2.14. The van der Waals surface area contributed by atoms with Crippen LogP contribution in [0.4, 0.5) is 5.69 Å². The Labute approximate surface area is 155 Å². The van der Waals surface area contributed by atoms with E-state index in [4.69, 9.17) is 23.2 Å². The summed E-state index contributed by atoms with van der Waals surface area (Å²) in [7, 11) is 0. The summed E-state index contributed by atoms with van der Waals surface area (Å²) in [6.45, 7) is 0. The number of hydrogen-bond acceptors (Lipinski definition) is 2. The molecule has 3 nitrogen and oxygen atoms in total. The summed E-state index contributed by atoms with van der Waals surface area (Å²) in [5.41, 5.74) is 2.22. The molecule has 0 spiro atoms. The van der Waals surface area contributed by atoms with Gasteiger partial charge in [0.2, 0.25) is 0 Å². The molecule has 0 aliphatic heterocycles. The molecule has 1 amide bonds. The van der Waals surface area contributed by atoms with Crippen LogP contribution in [-0.4, -0.2) is 11.0 Å². The van der Waals surface area contributed by atoms with Gasteiger partial charge in [0.05, 0.1) is 0 Å². The molecule has 0 saturated carbocycles. The van der Waals surface area contributed by atoms with E-state index in [0.717, 1.165) is 0 Å². The number of rotatable bonds is 4. The Hall–Kier alpha value is -2.33. The van der Waals surface area contributed by atoms with Crippen molar-refractivity contribution in [1.29, 1.82) is 0 Å². The minimum Gasteiger partial charge on any atom is -0.384 e. The van der Waals surface area contributed by atoms with Crippen molar-refractivity contribution in [3.05, 3.63) is 99.5 Å². The predicted molar refractivity (Wildman–Crippen MR) is 101 cm³/mol. The molecular formula is C20H15Cl2NO2. The average molecular weight is 372 g/mol. The van der Waals surface area contributed by atoms with Gasteiger partial charge >= 0.3 is 0 Å². The smallest absolute Gasteiger partial charge is 0.255 e. The van der Waals surface area contributed by atoms with Crippen molar-refractivity contribution < 1.29 is 9.90 Å². The standard InChI is InChI=1S/C20H15Cl2NO2/c21-15-8-6-14(7-9-15)20(25)23-18-11-10-16(22)12-17(18)19(24)13-4-2-1-3-5-13/h1-12,19,24H,(H,23,25). The number of hydrogen-bond donors (Lipinski definition) is 2. The molecule has 0 aliphatic carbocycles. The molecule has 0 aliphatic rings. The maximum Gasteiger partial charge on any atom is 0.255 e. The lowest BCUT2D eigenvalue weighted by atomic mass is 9.99. The third-order valence-electron chi connectivity index (χ3n) is 3.78. The van der Waals surface area contributed by atoms with E-state index in [1.807, 2.05) is 30.3 Å². The van der Waals surface area contributed by atoms with Crippen LogP contribution in [0.25, 0.3) is 0 Å². The van der Waals surface area contributed by atoms with Gasteiger partial charge in [0.1, 0.15) is 6.10 Å². The first-order valence-corrected chi connectivity index (χ1v) is 8.39. The van der Waals surface area contributed by atoms with E-state index in [0.29, 0.717) is 32.4 Å². The van der Waals surface area contributed by atoms with Gasteiger partial charge in [-0.3, -0.25) is 4.79 Å². The molecule has 0 heterocycles. The van der Waals surface area contributed by atoms with E-state index in [1.54, 1.807) is 42.5 Å². The molecule has 0 fully saturated rings. The van der Waals surface area contributed by atoms with Crippen molar-refractivity contribution in [3.8, 4) is 0 Å². The van der Waals surface area contributed by atoms with E-state index in [-0.39, 0.29) is 5.91 Å². The highest BCUT2D eigenvalue weighted by Gasteiger charge is 2.17. The van der Waals surface area contributed by atoms with Gasteiger partial charge in [0.15, 0.2) is 0 Å². The van der Waals surface area contributed by atoms with Gasteiger partial charge < -0.3 is 10.4 Å². The molecule has 126 valence electrons. The molecule has 1 atom stereocenters. The van der Waals surface area contributed by atoms with Gasteiger partial charge in [-0.05, 0) is 48.0 Å². The Morgan fingerprint density at radius 1 is 0.880 bits per heavy atom. The highest BCUT2D eigenvalue weighted by atomic mass is 35.5. The van der Waals surface area contributed by atoms with Crippen molar-refractivity contribution in [2.45, 2.75) is 6.10 Å². The van der Waals surface area contributed by atoms with Gasteiger partial charge in [0.25, 0.3) is 5.91 Å². The molecule has 1 unspecified atom stereocenters. The molecule has 5 heteroatoms. The molecule has 3 aromatic rings. The first kappa shape index (κ1) is 17.5. The molecule has 0 aromatic heterocycles. The number of carbonyl (C=O) groups excluding carboxylic acids is 1. The van der Waals surface area contributed by atoms with Crippen LogP contribution in [0, 0.1) is 0 Å².